The molecule has 1 aromatic carbocycles. The fraction of sp³-hybridized carbons (Fsp3) is 0.724. The van der Waals surface area contributed by atoms with E-state index in [-0.39, 0.29) is 0 Å². The third kappa shape index (κ3) is 3.57. The van der Waals surface area contributed by atoms with Crippen molar-refractivity contribution in [1.82, 2.24) is 0 Å². The molecule has 31 heavy (non-hydrogen) atoms. The van der Waals surface area contributed by atoms with E-state index in [1.165, 1.54) is 44.1 Å². The van der Waals surface area contributed by atoms with Gasteiger partial charge in [-0.1, -0.05) is 56.0 Å². The molecular formula is C29H40O2. The van der Waals surface area contributed by atoms with Crippen molar-refractivity contribution in [3.8, 4) is 11.8 Å². The molecule has 8 atom stereocenters. The first-order chi connectivity index (χ1) is 14.9. The molecule has 168 valence electrons. The van der Waals surface area contributed by atoms with E-state index < -0.39 is 5.60 Å². The van der Waals surface area contributed by atoms with E-state index in [0.29, 0.717) is 22.9 Å². The summed E-state index contributed by atoms with van der Waals surface area (Å²) in [4.78, 5) is 0. The van der Waals surface area contributed by atoms with Crippen LogP contribution >= 0.6 is 0 Å². The van der Waals surface area contributed by atoms with Crippen molar-refractivity contribution in [3.05, 3.63) is 35.9 Å². The summed E-state index contributed by atoms with van der Waals surface area (Å²) in [6, 6.07) is 10.4. The van der Waals surface area contributed by atoms with E-state index in [9.17, 15) is 5.11 Å². The first-order valence-corrected chi connectivity index (χ1v) is 12.7. The topological polar surface area (TPSA) is 29.5 Å². The van der Waals surface area contributed by atoms with Gasteiger partial charge in [0, 0.05) is 13.5 Å². The number of rotatable bonds is 2. The second-order valence-corrected chi connectivity index (χ2v) is 11.7. The van der Waals surface area contributed by atoms with Gasteiger partial charge in [0.2, 0.25) is 0 Å². The molecule has 0 bridgehead atoms. The van der Waals surface area contributed by atoms with E-state index in [1.807, 2.05) is 13.2 Å². The van der Waals surface area contributed by atoms with Crippen molar-refractivity contribution in [2.45, 2.75) is 89.8 Å². The van der Waals surface area contributed by atoms with Gasteiger partial charge in [0.15, 0.2) is 0 Å². The Morgan fingerprint density at radius 3 is 2.48 bits per heavy atom. The van der Waals surface area contributed by atoms with Gasteiger partial charge < -0.3 is 9.84 Å². The molecule has 4 saturated carbocycles. The Bertz CT molecular complexity index is 852. The van der Waals surface area contributed by atoms with Crippen LogP contribution in [-0.2, 0) is 11.2 Å². The molecule has 2 heteroatoms. The predicted molar refractivity (Wildman–Crippen MR) is 125 cm³/mol. The van der Waals surface area contributed by atoms with Gasteiger partial charge in [0.05, 0.1) is 6.10 Å². The van der Waals surface area contributed by atoms with E-state index in [4.69, 9.17) is 4.74 Å². The summed E-state index contributed by atoms with van der Waals surface area (Å²) in [7, 11) is 1.92. The van der Waals surface area contributed by atoms with Crippen molar-refractivity contribution in [2.75, 3.05) is 7.11 Å². The summed E-state index contributed by atoms with van der Waals surface area (Å²) in [5.41, 5.74) is 1.21. The highest BCUT2D eigenvalue weighted by Crippen LogP contribution is 2.67. The van der Waals surface area contributed by atoms with Crippen LogP contribution in [-0.4, -0.2) is 23.9 Å². The Balaban J connectivity index is 1.30. The summed E-state index contributed by atoms with van der Waals surface area (Å²) >= 11 is 0. The molecule has 0 aliphatic heterocycles. The molecule has 0 aromatic heterocycles. The van der Waals surface area contributed by atoms with Crippen LogP contribution in [0.5, 0.6) is 0 Å². The Labute approximate surface area is 189 Å². The first-order valence-electron chi connectivity index (χ1n) is 12.7. The third-order valence-electron chi connectivity index (χ3n) is 10.4. The average molecular weight is 421 g/mol. The van der Waals surface area contributed by atoms with Gasteiger partial charge in [-0.2, -0.15) is 0 Å². The lowest BCUT2D eigenvalue weighted by Crippen LogP contribution is -2.56. The molecule has 2 nitrogen and oxygen atoms in total. The van der Waals surface area contributed by atoms with Crippen LogP contribution in [0.15, 0.2) is 30.3 Å². The molecule has 3 unspecified atom stereocenters. The van der Waals surface area contributed by atoms with E-state index in [2.05, 4.69) is 50.0 Å². The van der Waals surface area contributed by atoms with Crippen molar-refractivity contribution in [2.24, 2.45) is 34.5 Å². The maximum Gasteiger partial charge on any atom is 0.125 e. The predicted octanol–water partition coefficient (Wildman–Crippen LogP) is 6.02. The maximum atomic E-state index is 11.4. The highest BCUT2D eigenvalue weighted by molar-refractivity contribution is 5.25. The number of hydrogen-bond acceptors (Lipinski definition) is 2. The average Bonchev–Trinajstić information content (AvgIpc) is 3.11. The number of benzene rings is 1. The summed E-state index contributed by atoms with van der Waals surface area (Å²) in [5, 5.41) is 11.4. The number of ether oxygens (including phenoxy) is 1. The van der Waals surface area contributed by atoms with Gasteiger partial charge in [-0.05, 0) is 97.9 Å². The summed E-state index contributed by atoms with van der Waals surface area (Å²) in [6.07, 6.45) is 11.9. The van der Waals surface area contributed by atoms with Gasteiger partial charge in [-0.25, -0.2) is 0 Å². The monoisotopic (exact) mass is 420 g/mol. The number of fused-ring (bicyclic) bond motifs is 5. The zero-order valence-electron chi connectivity index (χ0n) is 19.7. The minimum atomic E-state index is -0.788. The fourth-order valence-corrected chi connectivity index (χ4v) is 8.60. The first kappa shape index (κ1) is 21.5. The Morgan fingerprint density at radius 1 is 0.935 bits per heavy atom. The Morgan fingerprint density at radius 2 is 1.71 bits per heavy atom. The molecule has 1 N–H and O–H groups in total. The molecule has 0 saturated heterocycles. The molecule has 1 aromatic rings. The third-order valence-corrected chi connectivity index (χ3v) is 10.4. The number of methoxy groups -OCH3 is 1. The van der Waals surface area contributed by atoms with E-state index in [0.717, 1.165) is 43.4 Å². The zero-order chi connectivity index (χ0) is 21.7. The van der Waals surface area contributed by atoms with Gasteiger partial charge in [0.1, 0.15) is 5.60 Å². The highest BCUT2D eigenvalue weighted by atomic mass is 16.5. The molecule has 0 heterocycles. The highest BCUT2D eigenvalue weighted by Gasteiger charge is 2.61. The van der Waals surface area contributed by atoms with Crippen LogP contribution < -0.4 is 0 Å². The van der Waals surface area contributed by atoms with Crippen LogP contribution in [0.4, 0.5) is 0 Å². The molecule has 0 radical (unpaired) electrons. The van der Waals surface area contributed by atoms with Crippen molar-refractivity contribution in [3.63, 3.8) is 0 Å². The van der Waals surface area contributed by atoms with Crippen LogP contribution in [0.2, 0.25) is 0 Å². The van der Waals surface area contributed by atoms with Gasteiger partial charge in [0.25, 0.3) is 0 Å². The zero-order valence-corrected chi connectivity index (χ0v) is 19.7. The summed E-state index contributed by atoms with van der Waals surface area (Å²) in [5.74, 6) is 9.75. The van der Waals surface area contributed by atoms with E-state index >= 15 is 0 Å². The van der Waals surface area contributed by atoms with Gasteiger partial charge >= 0.3 is 0 Å². The minimum Gasteiger partial charge on any atom is -0.381 e. The Hall–Kier alpha value is -1.30. The van der Waals surface area contributed by atoms with Crippen LogP contribution in [0, 0.1) is 46.3 Å². The second-order valence-electron chi connectivity index (χ2n) is 11.7. The normalized spacial score (nSPS) is 46.3. The second kappa shape index (κ2) is 7.93. The standard InChI is InChI=1S/C29H40O2/c1-27-18-19-29(30,16-7-10-21-8-5-4-6-9-21)20-22(27)11-12-23-24-13-14-26(31-3)28(24,2)17-15-25(23)27/h4-6,8-9,22-26,30H,10-15,17-20H2,1-3H3/t22?,23-,24-,25+,26?,27-,28-,29?/m0/s1. The lowest BCUT2D eigenvalue weighted by atomic mass is 9.44. The molecule has 0 spiro atoms. The number of aliphatic hydroxyl groups is 1. The van der Waals surface area contributed by atoms with E-state index in [1.54, 1.807) is 0 Å². The lowest BCUT2D eigenvalue weighted by Gasteiger charge is -2.61. The minimum absolute atomic E-state index is 0.378. The molecule has 0 amide bonds. The summed E-state index contributed by atoms with van der Waals surface area (Å²) < 4.78 is 5.94. The van der Waals surface area contributed by atoms with Gasteiger partial charge in [-0.15, -0.1) is 0 Å². The molecule has 4 aliphatic rings. The van der Waals surface area contributed by atoms with Crippen molar-refractivity contribution >= 4 is 0 Å². The lowest BCUT2D eigenvalue weighted by molar-refractivity contribution is -0.146. The molecule has 4 fully saturated rings. The van der Waals surface area contributed by atoms with Crippen molar-refractivity contribution < 1.29 is 9.84 Å². The largest absolute Gasteiger partial charge is 0.381 e. The SMILES string of the molecule is COC1CC[C@H]2[C@@H]3CCC4CC(O)(C#CCc5ccccc5)CC[C@]4(C)[C@@H]3CC[C@]12C. The molecule has 5 rings (SSSR count). The number of hydrogen-bond donors (Lipinski definition) is 1. The van der Waals surface area contributed by atoms with Crippen LogP contribution in [0.25, 0.3) is 0 Å². The van der Waals surface area contributed by atoms with Crippen molar-refractivity contribution in [1.29, 1.82) is 0 Å². The molecular weight excluding hydrogens is 380 g/mol. The maximum absolute atomic E-state index is 11.4. The molecule has 4 aliphatic carbocycles. The van der Waals surface area contributed by atoms with Crippen LogP contribution in [0.3, 0.4) is 0 Å². The summed E-state index contributed by atoms with van der Waals surface area (Å²) in [6.45, 7) is 5.09. The fourth-order valence-electron chi connectivity index (χ4n) is 8.60. The quantitative estimate of drug-likeness (QED) is 0.593. The van der Waals surface area contributed by atoms with Crippen LogP contribution in [0.1, 0.15) is 77.2 Å². The van der Waals surface area contributed by atoms with Gasteiger partial charge in [-0.3, -0.25) is 0 Å². The smallest absolute Gasteiger partial charge is 0.125 e. The Kier molecular flexibility index (Phi) is 5.51.